The van der Waals surface area contributed by atoms with Gasteiger partial charge in [-0.15, -0.1) is 0 Å². The van der Waals surface area contributed by atoms with Crippen molar-refractivity contribution in [2.75, 3.05) is 6.54 Å². The topological polar surface area (TPSA) is 41.1 Å². The minimum absolute atomic E-state index is 0.202. The van der Waals surface area contributed by atoms with Gasteiger partial charge in [0, 0.05) is 12.5 Å². The van der Waals surface area contributed by atoms with Gasteiger partial charge in [0.2, 0.25) is 0 Å². The number of nitrogens with one attached hydrogen (secondary N) is 2. The lowest BCUT2D eigenvalue weighted by atomic mass is 9.77. The van der Waals surface area contributed by atoms with E-state index < -0.39 is 18.2 Å². The average molecular weight is 358 g/mol. The van der Waals surface area contributed by atoms with Gasteiger partial charge in [0.15, 0.2) is 0 Å². The zero-order valence-electron chi connectivity index (χ0n) is 13.8. The number of hydrogen-bond donors (Lipinski definition) is 2. The molecule has 0 radical (unpaired) electrons. The number of halogens is 3. The van der Waals surface area contributed by atoms with Crippen molar-refractivity contribution in [3.8, 4) is 0 Å². The number of alkyl halides is 3. The number of carbonyl (C=O) groups is 1. The Morgan fingerprint density at radius 3 is 2.46 bits per heavy atom. The third-order valence-electron chi connectivity index (χ3n) is 5.02. The van der Waals surface area contributed by atoms with Crippen molar-refractivity contribution >= 4 is 11.5 Å². The van der Waals surface area contributed by atoms with Crippen molar-refractivity contribution < 1.29 is 18.0 Å². The molecule has 0 spiro atoms. The lowest BCUT2D eigenvalue weighted by Gasteiger charge is -2.29. The van der Waals surface area contributed by atoms with Gasteiger partial charge in [-0.05, 0) is 34.3 Å². The number of carbonyl (C=O) groups excluding carboxylic acids is 1. The Hall–Kier alpha value is -2.60. The first-order chi connectivity index (χ1) is 12.4. The van der Waals surface area contributed by atoms with Crippen LogP contribution in [0.4, 0.5) is 13.2 Å². The molecule has 2 aromatic rings. The fraction of sp³-hybridized carbons (Fsp3) is 0.250. The van der Waals surface area contributed by atoms with Crippen molar-refractivity contribution in [1.29, 1.82) is 0 Å². The van der Waals surface area contributed by atoms with E-state index in [2.05, 4.69) is 10.6 Å². The number of amides is 1. The standard InChI is InChI=1S/C20H17F3N2O/c21-20(22,23)19(26)25-18-15-10-13-8-4-5-9-14(13)17(16(15)11-24-18)12-6-2-1-3-7-12/h1-9,15,18,24H,10-11H2,(H,25,26). The quantitative estimate of drug-likeness (QED) is 0.865. The summed E-state index contributed by atoms with van der Waals surface area (Å²) < 4.78 is 38.0. The van der Waals surface area contributed by atoms with Gasteiger partial charge in [0.1, 0.15) is 0 Å². The molecule has 2 unspecified atom stereocenters. The molecular weight excluding hydrogens is 341 g/mol. The lowest BCUT2D eigenvalue weighted by molar-refractivity contribution is -0.174. The van der Waals surface area contributed by atoms with E-state index in [1.807, 2.05) is 54.6 Å². The van der Waals surface area contributed by atoms with Gasteiger partial charge in [0.05, 0.1) is 6.17 Å². The highest BCUT2D eigenvalue weighted by Gasteiger charge is 2.44. The van der Waals surface area contributed by atoms with Crippen molar-refractivity contribution in [1.82, 2.24) is 10.6 Å². The molecule has 4 rings (SSSR count). The summed E-state index contributed by atoms with van der Waals surface area (Å²) in [7, 11) is 0. The van der Waals surface area contributed by atoms with Gasteiger partial charge in [-0.3, -0.25) is 10.1 Å². The molecule has 2 N–H and O–H groups in total. The monoisotopic (exact) mass is 358 g/mol. The second-order valence-electron chi connectivity index (χ2n) is 6.56. The largest absolute Gasteiger partial charge is 0.471 e. The first-order valence-electron chi connectivity index (χ1n) is 8.43. The predicted octanol–water partition coefficient (Wildman–Crippen LogP) is 3.27. The molecule has 1 heterocycles. The third-order valence-corrected chi connectivity index (χ3v) is 5.02. The molecule has 0 aromatic heterocycles. The first kappa shape index (κ1) is 16.8. The Balaban J connectivity index is 1.76. The molecule has 1 aliphatic heterocycles. The average Bonchev–Trinajstić information content (AvgIpc) is 3.02. The zero-order chi connectivity index (χ0) is 18.3. The summed E-state index contributed by atoms with van der Waals surface area (Å²) >= 11 is 0. The van der Waals surface area contributed by atoms with Gasteiger partial charge in [0.25, 0.3) is 0 Å². The second kappa shape index (κ2) is 6.29. The first-order valence-corrected chi connectivity index (χ1v) is 8.43. The second-order valence-corrected chi connectivity index (χ2v) is 6.56. The van der Waals surface area contributed by atoms with E-state index in [9.17, 15) is 18.0 Å². The number of fused-ring (bicyclic) bond motifs is 2. The normalized spacial score (nSPS) is 22.0. The van der Waals surface area contributed by atoms with Crippen molar-refractivity contribution in [3.63, 3.8) is 0 Å². The van der Waals surface area contributed by atoms with Gasteiger partial charge in [-0.1, -0.05) is 54.6 Å². The van der Waals surface area contributed by atoms with Crippen molar-refractivity contribution in [3.05, 3.63) is 76.9 Å². The maximum absolute atomic E-state index is 12.7. The minimum atomic E-state index is -4.89. The van der Waals surface area contributed by atoms with Crippen LogP contribution in [0.5, 0.6) is 0 Å². The van der Waals surface area contributed by atoms with Crippen molar-refractivity contribution in [2.24, 2.45) is 5.92 Å². The van der Waals surface area contributed by atoms with Crippen LogP contribution in [0.1, 0.15) is 16.7 Å². The van der Waals surface area contributed by atoms with Crippen LogP contribution in [-0.4, -0.2) is 24.8 Å². The summed E-state index contributed by atoms with van der Waals surface area (Å²) in [5.41, 5.74) is 5.31. The Morgan fingerprint density at radius 1 is 1.04 bits per heavy atom. The molecule has 1 amide bonds. The molecule has 2 aliphatic rings. The number of hydrogen-bond acceptors (Lipinski definition) is 2. The maximum atomic E-state index is 12.7. The fourth-order valence-corrected chi connectivity index (χ4v) is 3.88. The Labute approximate surface area is 148 Å². The van der Waals surface area contributed by atoms with Gasteiger partial charge in [-0.25, -0.2) is 0 Å². The summed E-state index contributed by atoms with van der Waals surface area (Å²) in [4.78, 5) is 11.4. The molecule has 0 saturated carbocycles. The minimum Gasteiger partial charge on any atom is -0.332 e. The molecule has 0 bridgehead atoms. The van der Waals surface area contributed by atoms with Crippen LogP contribution in [0.2, 0.25) is 0 Å². The van der Waals surface area contributed by atoms with E-state index in [0.717, 1.165) is 27.8 Å². The van der Waals surface area contributed by atoms with Crippen LogP contribution in [-0.2, 0) is 11.2 Å². The predicted molar refractivity (Wildman–Crippen MR) is 92.1 cm³/mol. The Morgan fingerprint density at radius 2 is 1.73 bits per heavy atom. The van der Waals surface area contributed by atoms with E-state index in [4.69, 9.17) is 0 Å². The van der Waals surface area contributed by atoms with E-state index >= 15 is 0 Å². The van der Waals surface area contributed by atoms with Crippen LogP contribution < -0.4 is 10.6 Å². The fourth-order valence-electron chi connectivity index (χ4n) is 3.88. The lowest BCUT2D eigenvalue weighted by Crippen LogP contribution is -2.50. The van der Waals surface area contributed by atoms with E-state index in [1.165, 1.54) is 0 Å². The molecule has 26 heavy (non-hydrogen) atoms. The van der Waals surface area contributed by atoms with E-state index in [1.54, 1.807) is 0 Å². The summed E-state index contributed by atoms with van der Waals surface area (Å²) in [5, 5.41) is 5.16. The Kier molecular flexibility index (Phi) is 4.07. The smallest absolute Gasteiger partial charge is 0.332 e. The van der Waals surface area contributed by atoms with Crippen LogP contribution in [0, 0.1) is 5.92 Å². The molecular formula is C20H17F3N2O. The molecule has 1 saturated heterocycles. The van der Waals surface area contributed by atoms with Gasteiger partial charge in [-0.2, -0.15) is 13.2 Å². The van der Waals surface area contributed by atoms with Crippen molar-refractivity contribution in [2.45, 2.75) is 18.8 Å². The maximum Gasteiger partial charge on any atom is 0.471 e. The summed E-state index contributed by atoms with van der Waals surface area (Å²) in [6, 6.07) is 17.8. The van der Waals surface area contributed by atoms with Gasteiger partial charge < -0.3 is 5.32 Å². The highest BCUT2D eigenvalue weighted by molar-refractivity contribution is 5.86. The number of rotatable bonds is 2. The molecule has 134 valence electrons. The molecule has 1 fully saturated rings. The summed E-state index contributed by atoms with van der Waals surface area (Å²) in [6.45, 7) is 0.450. The summed E-state index contributed by atoms with van der Waals surface area (Å²) in [6.07, 6.45) is -5.02. The Bertz CT molecular complexity index is 874. The molecule has 2 atom stereocenters. The molecule has 6 heteroatoms. The zero-order valence-corrected chi connectivity index (χ0v) is 13.8. The van der Waals surface area contributed by atoms with E-state index in [0.29, 0.717) is 13.0 Å². The van der Waals surface area contributed by atoms with Crippen LogP contribution in [0.15, 0.2) is 60.2 Å². The highest BCUT2D eigenvalue weighted by Crippen LogP contribution is 2.41. The molecule has 2 aromatic carbocycles. The summed E-state index contributed by atoms with van der Waals surface area (Å²) in [5.74, 6) is -2.11. The van der Waals surface area contributed by atoms with Crippen LogP contribution in [0.3, 0.4) is 0 Å². The molecule has 3 nitrogen and oxygen atoms in total. The van der Waals surface area contributed by atoms with Gasteiger partial charge >= 0.3 is 12.1 Å². The highest BCUT2D eigenvalue weighted by atomic mass is 19.4. The molecule has 1 aliphatic carbocycles. The van der Waals surface area contributed by atoms with Crippen LogP contribution in [0.25, 0.3) is 5.57 Å². The third kappa shape index (κ3) is 2.90. The SMILES string of the molecule is O=C(NC1NCC2=C(c3ccccc3)c3ccccc3CC21)C(F)(F)F. The van der Waals surface area contributed by atoms with E-state index in [-0.39, 0.29) is 5.92 Å². The van der Waals surface area contributed by atoms with Crippen LogP contribution >= 0.6 is 0 Å². The number of benzene rings is 2.